The molecule has 0 saturated carbocycles. The van der Waals surface area contributed by atoms with Gasteiger partial charge in [0.25, 0.3) is 0 Å². The molecule has 2 aromatic carbocycles. The summed E-state index contributed by atoms with van der Waals surface area (Å²) in [6, 6.07) is 15.8. The summed E-state index contributed by atoms with van der Waals surface area (Å²) in [7, 11) is 0. The zero-order valence-corrected chi connectivity index (χ0v) is 12.7. The summed E-state index contributed by atoms with van der Waals surface area (Å²) in [4.78, 5) is 0. The molecule has 0 spiro atoms. The normalized spacial score (nSPS) is 10.5. The van der Waals surface area contributed by atoms with Crippen molar-refractivity contribution >= 4 is 45.4 Å². The summed E-state index contributed by atoms with van der Waals surface area (Å²) < 4.78 is 6.91. The lowest BCUT2D eigenvalue weighted by Crippen LogP contribution is -2.45. The Labute approximate surface area is 127 Å². The van der Waals surface area contributed by atoms with Crippen molar-refractivity contribution in [1.82, 2.24) is 0 Å². The first-order chi connectivity index (χ1) is 9.20. The molecular formula is C14H14BBrClNO. The van der Waals surface area contributed by atoms with Crippen molar-refractivity contribution in [3.63, 3.8) is 0 Å². The van der Waals surface area contributed by atoms with Gasteiger partial charge in [-0.3, -0.25) is 0 Å². The molecule has 0 heterocycles. The number of nitrogens with two attached hydrogens (primary N) is 1. The lowest BCUT2D eigenvalue weighted by Gasteiger charge is -2.15. The first-order valence-electron chi connectivity index (χ1n) is 6.03. The number of rotatable bonds is 5. The molecule has 0 unspecified atom stereocenters. The van der Waals surface area contributed by atoms with Gasteiger partial charge in [-0.05, 0) is 35.2 Å². The molecule has 0 aromatic heterocycles. The van der Waals surface area contributed by atoms with Gasteiger partial charge in [-0.2, -0.15) is 0 Å². The first-order valence-corrected chi connectivity index (χ1v) is 7.20. The molecule has 0 amide bonds. The van der Waals surface area contributed by atoms with Crippen LogP contribution in [0.3, 0.4) is 0 Å². The van der Waals surface area contributed by atoms with Crippen molar-refractivity contribution in [3.05, 3.63) is 58.0 Å². The Kier molecular flexibility index (Phi) is 5.46. The van der Waals surface area contributed by atoms with Crippen LogP contribution in [0.25, 0.3) is 0 Å². The van der Waals surface area contributed by atoms with E-state index in [4.69, 9.17) is 22.0 Å². The Hall–Kier alpha value is -0.805. The minimum atomic E-state index is -0.117. The summed E-state index contributed by atoms with van der Waals surface area (Å²) in [6.45, 7) is 0.901. The molecular weight excluding hydrogens is 324 g/mol. The highest BCUT2D eigenvalue weighted by molar-refractivity contribution is 9.10. The third-order valence-corrected chi connectivity index (χ3v) is 3.53. The fraction of sp³-hybridized carbons (Fsp3) is 0.143. The van der Waals surface area contributed by atoms with Crippen molar-refractivity contribution in [3.8, 4) is 0 Å². The average molecular weight is 338 g/mol. The highest BCUT2D eigenvalue weighted by atomic mass is 79.9. The molecule has 2 N–H and O–H groups in total. The predicted octanol–water partition coefficient (Wildman–Crippen LogP) is 2.18. The summed E-state index contributed by atoms with van der Waals surface area (Å²) in [5.74, 6) is 0. The van der Waals surface area contributed by atoms with Gasteiger partial charge in [0.05, 0.1) is 0 Å². The van der Waals surface area contributed by atoms with E-state index in [1.54, 1.807) is 0 Å². The Morgan fingerprint density at radius 1 is 1.00 bits per heavy atom. The van der Waals surface area contributed by atoms with Gasteiger partial charge in [0, 0.05) is 22.6 Å². The van der Waals surface area contributed by atoms with Crippen molar-refractivity contribution in [2.24, 2.45) is 5.73 Å². The van der Waals surface area contributed by atoms with Crippen LogP contribution >= 0.6 is 27.5 Å². The van der Waals surface area contributed by atoms with Crippen LogP contribution in [-0.2, 0) is 4.65 Å². The molecule has 2 nitrogen and oxygen atoms in total. The predicted molar refractivity (Wildman–Crippen MR) is 85.6 cm³/mol. The van der Waals surface area contributed by atoms with Crippen LogP contribution in [0.15, 0.2) is 53.0 Å². The third kappa shape index (κ3) is 4.08. The second kappa shape index (κ2) is 7.10. The molecule has 0 bridgehead atoms. The Morgan fingerprint density at radius 2 is 1.53 bits per heavy atom. The van der Waals surface area contributed by atoms with Crippen LogP contribution in [0.1, 0.15) is 0 Å². The maximum Gasteiger partial charge on any atom is 0.361 e. The smallest absolute Gasteiger partial charge is 0.361 e. The Bertz CT molecular complexity index is 472. The Morgan fingerprint density at radius 3 is 2.05 bits per heavy atom. The molecule has 0 atom stereocenters. The fourth-order valence-electron chi connectivity index (χ4n) is 1.85. The number of hydrogen-bond acceptors (Lipinski definition) is 2. The van der Waals surface area contributed by atoms with Gasteiger partial charge in [0.2, 0.25) is 0 Å². The third-order valence-electron chi connectivity index (χ3n) is 2.75. The van der Waals surface area contributed by atoms with Crippen LogP contribution in [0.4, 0.5) is 0 Å². The van der Waals surface area contributed by atoms with Crippen LogP contribution in [0, 0.1) is 0 Å². The second-order valence-corrected chi connectivity index (χ2v) is 5.49. The first kappa shape index (κ1) is 14.6. The van der Waals surface area contributed by atoms with Crippen molar-refractivity contribution in [2.45, 2.75) is 0 Å². The second-order valence-electron chi connectivity index (χ2n) is 4.14. The van der Waals surface area contributed by atoms with Gasteiger partial charge < -0.3 is 10.4 Å². The largest absolute Gasteiger partial charge is 0.426 e. The Balaban J connectivity index is 2.29. The SMILES string of the molecule is NCCOB(c1ccc(Cl)cc1)c1ccc(Br)cc1. The molecule has 0 radical (unpaired) electrons. The zero-order chi connectivity index (χ0) is 13.7. The van der Waals surface area contributed by atoms with Gasteiger partial charge in [0.1, 0.15) is 0 Å². The van der Waals surface area contributed by atoms with Crippen LogP contribution in [0.5, 0.6) is 0 Å². The average Bonchev–Trinajstić information content (AvgIpc) is 2.43. The van der Waals surface area contributed by atoms with E-state index >= 15 is 0 Å². The number of hydrogen-bond donors (Lipinski definition) is 1. The molecule has 2 rings (SSSR count). The minimum absolute atomic E-state index is 0.117. The lowest BCUT2D eigenvalue weighted by molar-refractivity contribution is 0.344. The fourth-order valence-corrected chi connectivity index (χ4v) is 2.24. The van der Waals surface area contributed by atoms with E-state index in [0.29, 0.717) is 13.2 Å². The molecule has 0 aliphatic rings. The van der Waals surface area contributed by atoms with Crippen molar-refractivity contribution < 1.29 is 4.65 Å². The number of halogens is 2. The highest BCUT2D eigenvalue weighted by Gasteiger charge is 2.20. The summed E-state index contributed by atoms with van der Waals surface area (Å²) >= 11 is 9.36. The van der Waals surface area contributed by atoms with E-state index in [1.807, 2.05) is 48.5 Å². The van der Waals surface area contributed by atoms with Crippen LogP contribution in [-0.4, -0.2) is 20.1 Å². The maximum absolute atomic E-state index is 5.92. The van der Waals surface area contributed by atoms with E-state index < -0.39 is 0 Å². The number of benzene rings is 2. The van der Waals surface area contributed by atoms with E-state index in [9.17, 15) is 0 Å². The molecule has 98 valence electrons. The van der Waals surface area contributed by atoms with Gasteiger partial charge in [-0.1, -0.05) is 51.8 Å². The van der Waals surface area contributed by atoms with Crippen molar-refractivity contribution in [1.29, 1.82) is 0 Å². The molecule has 19 heavy (non-hydrogen) atoms. The summed E-state index contributed by atoms with van der Waals surface area (Å²) in [5, 5.41) is 0.720. The molecule has 0 aliphatic carbocycles. The summed E-state index contributed by atoms with van der Waals surface area (Å²) in [5.41, 5.74) is 7.69. The van der Waals surface area contributed by atoms with E-state index in [-0.39, 0.29) is 6.92 Å². The van der Waals surface area contributed by atoms with Crippen molar-refractivity contribution in [2.75, 3.05) is 13.2 Å². The topological polar surface area (TPSA) is 35.2 Å². The van der Waals surface area contributed by atoms with E-state index in [1.165, 1.54) is 0 Å². The standard InChI is InChI=1S/C14H14BBrClNO/c16-13-5-1-11(2-6-13)15(19-10-9-18)12-3-7-14(17)8-4-12/h1-8H,9-10,18H2. The van der Waals surface area contributed by atoms with Gasteiger partial charge in [-0.25, -0.2) is 0 Å². The zero-order valence-electron chi connectivity index (χ0n) is 10.4. The molecule has 2 aromatic rings. The van der Waals surface area contributed by atoms with E-state index in [2.05, 4.69) is 15.9 Å². The molecule has 0 saturated heterocycles. The maximum atomic E-state index is 5.92. The van der Waals surface area contributed by atoms with Crippen LogP contribution in [0.2, 0.25) is 5.02 Å². The quantitative estimate of drug-likeness (QED) is 0.848. The molecule has 0 fully saturated rings. The highest BCUT2D eigenvalue weighted by Crippen LogP contribution is 2.08. The van der Waals surface area contributed by atoms with Crippen LogP contribution < -0.4 is 16.7 Å². The minimum Gasteiger partial charge on any atom is -0.426 e. The lowest BCUT2D eigenvalue weighted by atomic mass is 9.55. The summed E-state index contributed by atoms with van der Waals surface area (Å²) in [6.07, 6.45) is 0. The van der Waals surface area contributed by atoms with Gasteiger partial charge >= 0.3 is 6.92 Å². The molecule has 5 heteroatoms. The molecule has 0 aliphatic heterocycles. The van der Waals surface area contributed by atoms with Gasteiger partial charge in [0.15, 0.2) is 0 Å². The van der Waals surface area contributed by atoms with Gasteiger partial charge in [-0.15, -0.1) is 0 Å². The monoisotopic (exact) mass is 337 g/mol. The van der Waals surface area contributed by atoms with E-state index in [0.717, 1.165) is 20.4 Å².